The van der Waals surface area contributed by atoms with Crippen LogP contribution in [0, 0.1) is 5.92 Å². The lowest BCUT2D eigenvalue weighted by atomic mass is 9.86. The zero-order chi connectivity index (χ0) is 13.7. The normalized spacial score (nSPS) is 19.6. The maximum atomic E-state index is 11.5. The second-order valence-corrected chi connectivity index (χ2v) is 5.24. The molecule has 19 heavy (non-hydrogen) atoms. The molecule has 2 aliphatic rings. The van der Waals surface area contributed by atoms with Gasteiger partial charge in [-0.05, 0) is 25.7 Å². The van der Waals surface area contributed by atoms with Crippen molar-refractivity contribution < 1.29 is 19.1 Å². The van der Waals surface area contributed by atoms with Gasteiger partial charge >= 0.3 is 12.0 Å². The first-order valence-electron chi connectivity index (χ1n) is 6.92. The van der Waals surface area contributed by atoms with E-state index in [4.69, 9.17) is 4.74 Å². The van der Waals surface area contributed by atoms with Crippen molar-refractivity contribution in [1.82, 2.24) is 10.6 Å². The molecule has 106 valence electrons. The van der Waals surface area contributed by atoms with Crippen LogP contribution in [-0.2, 0) is 14.3 Å². The fourth-order valence-corrected chi connectivity index (χ4v) is 2.35. The fourth-order valence-electron chi connectivity index (χ4n) is 2.35. The van der Waals surface area contributed by atoms with Gasteiger partial charge in [-0.2, -0.15) is 0 Å². The minimum atomic E-state index is -0.580. The highest BCUT2D eigenvalue weighted by Crippen LogP contribution is 2.27. The Balaban J connectivity index is 1.60. The highest BCUT2D eigenvalue weighted by atomic mass is 16.5. The Kier molecular flexibility index (Phi) is 4.76. The molecular formula is C13H20N2O4. The molecule has 0 aromatic heterocycles. The molecule has 0 atom stereocenters. The highest BCUT2D eigenvalue weighted by Gasteiger charge is 2.27. The first-order valence-corrected chi connectivity index (χ1v) is 6.92. The van der Waals surface area contributed by atoms with Gasteiger partial charge in [-0.25, -0.2) is 4.79 Å². The van der Waals surface area contributed by atoms with E-state index in [-0.39, 0.29) is 24.5 Å². The molecule has 0 aromatic rings. The molecule has 0 aromatic carbocycles. The molecule has 2 aliphatic carbocycles. The van der Waals surface area contributed by atoms with E-state index in [0.29, 0.717) is 0 Å². The molecule has 0 aliphatic heterocycles. The van der Waals surface area contributed by atoms with Crippen LogP contribution in [0.4, 0.5) is 4.79 Å². The van der Waals surface area contributed by atoms with Gasteiger partial charge in [0, 0.05) is 6.04 Å². The zero-order valence-corrected chi connectivity index (χ0v) is 10.9. The number of ether oxygens (including phenoxy) is 1. The summed E-state index contributed by atoms with van der Waals surface area (Å²) < 4.78 is 4.85. The third kappa shape index (κ3) is 4.22. The molecule has 0 spiro atoms. The summed E-state index contributed by atoms with van der Waals surface area (Å²) in [4.78, 5) is 34.3. The molecule has 0 bridgehead atoms. The molecular weight excluding hydrogens is 248 g/mol. The Hall–Kier alpha value is -1.59. The van der Waals surface area contributed by atoms with Gasteiger partial charge in [0.2, 0.25) is 0 Å². The van der Waals surface area contributed by atoms with Crippen LogP contribution >= 0.6 is 0 Å². The number of amides is 3. The summed E-state index contributed by atoms with van der Waals surface area (Å²) in [5.74, 6) is -0.971. The minimum Gasteiger partial charge on any atom is -0.455 e. The summed E-state index contributed by atoms with van der Waals surface area (Å²) >= 11 is 0. The topological polar surface area (TPSA) is 84.5 Å². The molecule has 0 unspecified atom stereocenters. The number of nitrogens with one attached hydrogen (secondary N) is 2. The number of hydrogen-bond donors (Lipinski definition) is 2. The van der Waals surface area contributed by atoms with Gasteiger partial charge in [0.05, 0.1) is 5.92 Å². The van der Waals surface area contributed by atoms with Crippen molar-refractivity contribution in [3.8, 4) is 0 Å². The maximum absolute atomic E-state index is 11.5. The van der Waals surface area contributed by atoms with Crippen LogP contribution < -0.4 is 10.6 Å². The van der Waals surface area contributed by atoms with Crippen LogP contribution in [0.2, 0.25) is 0 Å². The first kappa shape index (κ1) is 13.8. The van der Waals surface area contributed by atoms with Gasteiger partial charge in [-0.1, -0.05) is 19.3 Å². The van der Waals surface area contributed by atoms with Crippen molar-refractivity contribution in [2.24, 2.45) is 5.92 Å². The molecule has 6 nitrogen and oxygen atoms in total. The second-order valence-electron chi connectivity index (χ2n) is 5.24. The number of hydrogen-bond acceptors (Lipinski definition) is 4. The number of imide groups is 1. The van der Waals surface area contributed by atoms with Gasteiger partial charge in [0.15, 0.2) is 6.61 Å². The van der Waals surface area contributed by atoms with Gasteiger partial charge in [0.25, 0.3) is 5.91 Å². The lowest BCUT2D eigenvalue weighted by Gasteiger charge is -2.22. The van der Waals surface area contributed by atoms with Crippen molar-refractivity contribution in [3.63, 3.8) is 0 Å². The smallest absolute Gasteiger partial charge is 0.321 e. The van der Waals surface area contributed by atoms with E-state index in [0.717, 1.165) is 44.9 Å². The van der Waals surface area contributed by atoms with Crippen molar-refractivity contribution in [1.29, 1.82) is 0 Å². The zero-order valence-electron chi connectivity index (χ0n) is 10.9. The Morgan fingerprint density at radius 2 is 1.68 bits per heavy atom. The van der Waals surface area contributed by atoms with Crippen LogP contribution in [0.15, 0.2) is 0 Å². The summed E-state index contributed by atoms with van der Waals surface area (Å²) in [6, 6.07) is -0.345. The van der Waals surface area contributed by atoms with E-state index in [2.05, 4.69) is 10.6 Å². The molecule has 6 heteroatoms. The van der Waals surface area contributed by atoms with Crippen LogP contribution in [0.5, 0.6) is 0 Å². The molecule has 2 N–H and O–H groups in total. The predicted molar refractivity (Wildman–Crippen MR) is 67.2 cm³/mol. The van der Waals surface area contributed by atoms with Gasteiger partial charge in [-0.3, -0.25) is 14.9 Å². The number of urea groups is 1. The summed E-state index contributed by atoms with van der Waals surface area (Å²) in [5.41, 5.74) is 0. The number of carbonyl (C=O) groups excluding carboxylic acids is 3. The molecule has 0 saturated heterocycles. The Morgan fingerprint density at radius 3 is 2.26 bits per heavy atom. The van der Waals surface area contributed by atoms with E-state index >= 15 is 0 Å². The standard InChI is InChI=1S/C13H20N2O4/c16-11(8-19-12(17)9-4-3-5-9)15-13(18)14-10-6-1-2-7-10/h9-10H,1-8H2,(H2,14,15,16,18). The van der Waals surface area contributed by atoms with Gasteiger partial charge in [0.1, 0.15) is 0 Å². The van der Waals surface area contributed by atoms with Gasteiger partial charge < -0.3 is 10.1 Å². The minimum absolute atomic E-state index is 0.0554. The van der Waals surface area contributed by atoms with Crippen molar-refractivity contribution in [2.75, 3.05) is 6.61 Å². The third-order valence-electron chi connectivity index (χ3n) is 3.73. The third-order valence-corrected chi connectivity index (χ3v) is 3.73. The molecule has 2 rings (SSSR count). The van der Waals surface area contributed by atoms with E-state index in [1.54, 1.807) is 0 Å². The van der Waals surface area contributed by atoms with E-state index in [1.807, 2.05) is 0 Å². The number of carbonyl (C=O) groups is 3. The molecule has 0 radical (unpaired) electrons. The van der Waals surface area contributed by atoms with Crippen LogP contribution in [-0.4, -0.2) is 30.6 Å². The predicted octanol–water partition coefficient (Wildman–Crippen LogP) is 1.10. The number of rotatable bonds is 4. The van der Waals surface area contributed by atoms with Crippen LogP contribution in [0.25, 0.3) is 0 Å². The summed E-state index contributed by atoms with van der Waals surface area (Å²) in [5, 5.41) is 4.90. The summed E-state index contributed by atoms with van der Waals surface area (Å²) in [7, 11) is 0. The summed E-state index contributed by atoms with van der Waals surface area (Å²) in [6.45, 7) is -0.382. The van der Waals surface area contributed by atoms with E-state index in [1.165, 1.54) is 0 Å². The Bertz CT molecular complexity index is 360. The second kappa shape index (κ2) is 6.54. The molecule has 0 heterocycles. The van der Waals surface area contributed by atoms with E-state index < -0.39 is 11.9 Å². The fraction of sp³-hybridized carbons (Fsp3) is 0.769. The number of esters is 1. The average Bonchev–Trinajstić information content (AvgIpc) is 2.76. The average molecular weight is 268 g/mol. The lowest BCUT2D eigenvalue weighted by Crippen LogP contribution is -2.45. The molecule has 2 fully saturated rings. The Labute approximate surface area is 112 Å². The first-order chi connectivity index (χ1) is 9.15. The van der Waals surface area contributed by atoms with Gasteiger partial charge in [-0.15, -0.1) is 0 Å². The van der Waals surface area contributed by atoms with Crippen LogP contribution in [0.3, 0.4) is 0 Å². The van der Waals surface area contributed by atoms with Crippen molar-refractivity contribution in [2.45, 2.75) is 51.0 Å². The maximum Gasteiger partial charge on any atom is 0.321 e. The Morgan fingerprint density at radius 1 is 1.00 bits per heavy atom. The van der Waals surface area contributed by atoms with Crippen LogP contribution in [0.1, 0.15) is 44.9 Å². The van der Waals surface area contributed by atoms with E-state index in [9.17, 15) is 14.4 Å². The van der Waals surface area contributed by atoms with Crippen molar-refractivity contribution in [3.05, 3.63) is 0 Å². The quantitative estimate of drug-likeness (QED) is 0.748. The monoisotopic (exact) mass is 268 g/mol. The SMILES string of the molecule is O=C(COC(=O)C1CCC1)NC(=O)NC1CCCC1. The molecule has 3 amide bonds. The largest absolute Gasteiger partial charge is 0.455 e. The highest BCUT2D eigenvalue weighted by molar-refractivity contribution is 5.95. The lowest BCUT2D eigenvalue weighted by molar-refractivity contribution is -0.154. The summed E-state index contributed by atoms with van der Waals surface area (Å²) in [6.07, 6.45) is 6.84. The molecule has 2 saturated carbocycles. The van der Waals surface area contributed by atoms with Crippen molar-refractivity contribution >= 4 is 17.9 Å².